The van der Waals surface area contributed by atoms with Crippen LogP contribution in [0.5, 0.6) is 0 Å². The lowest BCUT2D eigenvalue weighted by Gasteiger charge is -2.14. The molecule has 86 valence electrons. The Morgan fingerprint density at radius 3 is 1.62 bits per heavy atom. The predicted molar refractivity (Wildman–Crippen MR) is 64.8 cm³/mol. The molecule has 0 fully saturated rings. The first-order valence-corrected chi connectivity index (χ1v) is 5.43. The van der Waals surface area contributed by atoms with Gasteiger partial charge in [0.25, 0.3) is 0 Å². The van der Waals surface area contributed by atoms with Crippen LogP contribution in [0.1, 0.15) is 42.0 Å². The van der Waals surface area contributed by atoms with Crippen LogP contribution in [0, 0.1) is 20.8 Å². The number of hydrogen-bond donors (Lipinski definition) is 0. The van der Waals surface area contributed by atoms with Crippen LogP contribution in [0.3, 0.4) is 0 Å². The summed E-state index contributed by atoms with van der Waals surface area (Å²) in [6.07, 6.45) is 0. The topological polar surface area (TPSA) is 34.1 Å². The molecular formula is C14H18O2. The van der Waals surface area contributed by atoms with Crippen molar-refractivity contribution in [3.8, 4) is 0 Å². The number of benzene rings is 1. The van der Waals surface area contributed by atoms with Gasteiger partial charge in [0.2, 0.25) is 0 Å². The maximum absolute atomic E-state index is 11.5. The summed E-state index contributed by atoms with van der Waals surface area (Å²) in [4.78, 5) is 22.9. The van der Waals surface area contributed by atoms with Crippen LogP contribution in [-0.4, -0.2) is 11.6 Å². The molecule has 0 saturated heterocycles. The van der Waals surface area contributed by atoms with E-state index in [4.69, 9.17) is 0 Å². The van der Waals surface area contributed by atoms with Gasteiger partial charge in [0.05, 0.1) is 0 Å². The van der Waals surface area contributed by atoms with Gasteiger partial charge in [-0.2, -0.15) is 0 Å². The Morgan fingerprint density at radius 2 is 1.31 bits per heavy atom. The summed E-state index contributed by atoms with van der Waals surface area (Å²) in [6, 6.07) is 3.88. The fourth-order valence-corrected chi connectivity index (χ4v) is 1.99. The minimum absolute atomic E-state index is 0.0878. The van der Waals surface area contributed by atoms with E-state index >= 15 is 0 Å². The summed E-state index contributed by atoms with van der Waals surface area (Å²) < 4.78 is 0. The zero-order chi connectivity index (χ0) is 12.5. The molecule has 0 N–H and O–H groups in total. The van der Waals surface area contributed by atoms with Gasteiger partial charge in [-0.1, -0.05) is 12.1 Å². The molecular weight excluding hydrogens is 200 g/mol. The summed E-state index contributed by atoms with van der Waals surface area (Å²) >= 11 is 0. The van der Waals surface area contributed by atoms with E-state index in [1.807, 2.05) is 32.9 Å². The van der Waals surface area contributed by atoms with Crippen LogP contribution in [0.2, 0.25) is 0 Å². The van der Waals surface area contributed by atoms with Crippen LogP contribution < -0.4 is 0 Å². The molecule has 0 aliphatic carbocycles. The van der Waals surface area contributed by atoms with Crippen molar-refractivity contribution >= 4 is 11.6 Å². The molecule has 0 heterocycles. The molecule has 0 radical (unpaired) electrons. The van der Waals surface area contributed by atoms with E-state index in [0.29, 0.717) is 0 Å². The maximum Gasteiger partial charge on any atom is 0.144 e. The Balaban J connectivity index is 3.32. The molecule has 0 atom stereocenters. The van der Waals surface area contributed by atoms with E-state index in [2.05, 4.69) is 0 Å². The van der Waals surface area contributed by atoms with Gasteiger partial charge in [-0.3, -0.25) is 9.59 Å². The fourth-order valence-electron chi connectivity index (χ4n) is 1.99. The van der Waals surface area contributed by atoms with Crippen molar-refractivity contribution in [1.82, 2.24) is 0 Å². The normalized spacial score (nSPS) is 10.6. The summed E-state index contributed by atoms with van der Waals surface area (Å²) in [5.74, 6) is -0.775. The largest absolute Gasteiger partial charge is 0.299 e. The van der Waals surface area contributed by atoms with Gasteiger partial charge in [0.1, 0.15) is 17.5 Å². The first-order chi connectivity index (χ1) is 7.34. The molecule has 1 aromatic rings. The van der Waals surface area contributed by atoms with Crippen molar-refractivity contribution < 1.29 is 9.59 Å². The molecule has 0 spiro atoms. The van der Waals surface area contributed by atoms with Crippen molar-refractivity contribution in [3.05, 3.63) is 34.4 Å². The van der Waals surface area contributed by atoms with Crippen LogP contribution in [0.4, 0.5) is 0 Å². The third-order valence-corrected chi connectivity index (χ3v) is 3.10. The van der Waals surface area contributed by atoms with Gasteiger partial charge >= 0.3 is 0 Å². The molecule has 0 aromatic heterocycles. The minimum atomic E-state index is -0.599. The summed E-state index contributed by atoms with van der Waals surface area (Å²) in [6.45, 7) is 8.99. The van der Waals surface area contributed by atoms with E-state index < -0.39 is 5.92 Å². The lowest BCUT2D eigenvalue weighted by Crippen LogP contribution is -2.17. The second-order valence-electron chi connectivity index (χ2n) is 4.43. The van der Waals surface area contributed by atoms with E-state index in [1.165, 1.54) is 19.4 Å². The van der Waals surface area contributed by atoms with Gasteiger partial charge in [0.15, 0.2) is 0 Å². The number of hydrogen-bond acceptors (Lipinski definition) is 2. The van der Waals surface area contributed by atoms with Crippen molar-refractivity contribution in [2.75, 3.05) is 0 Å². The van der Waals surface area contributed by atoms with E-state index in [9.17, 15) is 9.59 Å². The predicted octanol–water partition coefficient (Wildman–Crippen LogP) is 2.87. The third-order valence-electron chi connectivity index (χ3n) is 3.10. The second-order valence-corrected chi connectivity index (χ2v) is 4.43. The van der Waals surface area contributed by atoms with Gasteiger partial charge < -0.3 is 0 Å². The van der Waals surface area contributed by atoms with Crippen molar-refractivity contribution in [3.63, 3.8) is 0 Å². The molecule has 2 nitrogen and oxygen atoms in total. The first kappa shape index (κ1) is 12.6. The molecule has 16 heavy (non-hydrogen) atoms. The highest BCUT2D eigenvalue weighted by Gasteiger charge is 2.22. The summed E-state index contributed by atoms with van der Waals surface area (Å²) in [7, 11) is 0. The zero-order valence-corrected chi connectivity index (χ0v) is 10.5. The Hall–Kier alpha value is -1.44. The van der Waals surface area contributed by atoms with Crippen LogP contribution in [-0.2, 0) is 9.59 Å². The Bertz CT molecular complexity index is 407. The van der Waals surface area contributed by atoms with Gasteiger partial charge in [0, 0.05) is 0 Å². The number of rotatable bonds is 3. The van der Waals surface area contributed by atoms with E-state index in [1.54, 1.807) is 0 Å². The standard InChI is InChI=1S/C14H18O2/c1-8-6-13(7-9(2)10(8)3)14(11(4)15)12(5)16/h6-7,14H,1-5H3. The average Bonchev–Trinajstić information content (AvgIpc) is 2.12. The highest BCUT2D eigenvalue weighted by molar-refractivity contribution is 6.05. The van der Waals surface area contributed by atoms with Crippen molar-refractivity contribution in [1.29, 1.82) is 0 Å². The number of ketones is 2. The molecule has 0 bridgehead atoms. The van der Waals surface area contributed by atoms with Crippen LogP contribution in [0.25, 0.3) is 0 Å². The molecule has 1 rings (SSSR count). The van der Waals surface area contributed by atoms with Crippen LogP contribution in [0.15, 0.2) is 12.1 Å². The van der Waals surface area contributed by atoms with E-state index in [0.717, 1.165) is 16.7 Å². The zero-order valence-electron chi connectivity index (χ0n) is 10.5. The quantitative estimate of drug-likeness (QED) is 0.731. The van der Waals surface area contributed by atoms with Crippen molar-refractivity contribution in [2.45, 2.75) is 40.5 Å². The number of aryl methyl sites for hydroxylation is 2. The lowest BCUT2D eigenvalue weighted by molar-refractivity contribution is -0.126. The molecule has 0 unspecified atom stereocenters. The monoisotopic (exact) mass is 218 g/mol. The van der Waals surface area contributed by atoms with Crippen LogP contribution >= 0.6 is 0 Å². The molecule has 0 aliphatic heterocycles. The van der Waals surface area contributed by atoms with Gasteiger partial charge in [-0.25, -0.2) is 0 Å². The van der Waals surface area contributed by atoms with E-state index in [-0.39, 0.29) is 11.6 Å². The molecule has 2 heteroatoms. The fraction of sp³-hybridized carbons (Fsp3) is 0.429. The first-order valence-electron chi connectivity index (χ1n) is 5.43. The third kappa shape index (κ3) is 2.38. The van der Waals surface area contributed by atoms with Crippen molar-refractivity contribution in [2.24, 2.45) is 0 Å². The maximum atomic E-state index is 11.5. The number of carbonyl (C=O) groups is 2. The summed E-state index contributed by atoms with van der Waals surface area (Å²) in [5, 5.41) is 0. The highest BCUT2D eigenvalue weighted by atomic mass is 16.1. The smallest absolute Gasteiger partial charge is 0.144 e. The lowest BCUT2D eigenvalue weighted by atomic mass is 9.88. The highest BCUT2D eigenvalue weighted by Crippen LogP contribution is 2.23. The minimum Gasteiger partial charge on any atom is -0.299 e. The Labute approximate surface area is 96.7 Å². The summed E-state index contributed by atoms with van der Waals surface area (Å²) in [5.41, 5.74) is 4.29. The second kappa shape index (κ2) is 4.60. The molecule has 0 saturated carbocycles. The number of carbonyl (C=O) groups excluding carboxylic acids is 2. The average molecular weight is 218 g/mol. The molecule has 1 aromatic carbocycles. The molecule has 0 amide bonds. The Morgan fingerprint density at radius 1 is 0.938 bits per heavy atom. The Kier molecular flexibility index (Phi) is 3.63. The SMILES string of the molecule is CC(=O)C(C(C)=O)c1cc(C)c(C)c(C)c1. The van der Waals surface area contributed by atoms with Gasteiger partial charge in [-0.05, 0) is 56.9 Å². The number of Topliss-reactive ketones (excluding diaryl/α,β-unsaturated/α-hetero) is 2. The molecule has 0 aliphatic rings. The van der Waals surface area contributed by atoms with Gasteiger partial charge in [-0.15, -0.1) is 0 Å².